The lowest BCUT2D eigenvalue weighted by atomic mass is 10.0. The number of carbonyl (C=O) groups excluding carboxylic acids is 2. The first-order valence-electron chi connectivity index (χ1n) is 13.3. The van der Waals surface area contributed by atoms with Gasteiger partial charge in [-0.05, 0) is 57.0 Å². The van der Waals surface area contributed by atoms with E-state index in [4.69, 9.17) is 14.7 Å². The third-order valence-corrected chi connectivity index (χ3v) is 7.53. The molecule has 3 aromatic heterocycles. The minimum Gasteiger partial charge on any atom is -0.443 e. The SMILES string of the molecule is CNC(=O)OCc1nc(N2CCCC2(C)C)cc2c1CN(c1cccc(-c3nncn3-c3ccccc3)n1)C2=O. The summed E-state index contributed by atoms with van der Waals surface area (Å²) < 4.78 is 7.23. The van der Waals surface area contributed by atoms with Gasteiger partial charge in [-0.15, -0.1) is 10.2 Å². The van der Waals surface area contributed by atoms with Crippen molar-refractivity contribution in [1.29, 1.82) is 0 Å². The van der Waals surface area contributed by atoms with Gasteiger partial charge in [-0.3, -0.25) is 14.3 Å². The van der Waals surface area contributed by atoms with Gasteiger partial charge in [0, 0.05) is 30.4 Å². The summed E-state index contributed by atoms with van der Waals surface area (Å²) in [5, 5.41) is 10.9. The number of benzene rings is 1. The molecule has 0 radical (unpaired) electrons. The highest BCUT2D eigenvalue weighted by molar-refractivity contribution is 6.10. The van der Waals surface area contributed by atoms with E-state index in [1.165, 1.54) is 7.05 Å². The van der Waals surface area contributed by atoms with Crippen LogP contribution in [0.3, 0.4) is 0 Å². The topological polar surface area (TPSA) is 118 Å². The van der Waals surface area contributed by atoms with Crippen LogP contribution in [0.4, 0.5) is 16.4 Å². The van der Waals surface area contributed by atoms with Gasteiger partial charge in [0.05, 0.1) is 17.8 Å². The molecule has 0 atom stereocenters. The zero-order valence-electron chi connectivity index (χ0n) is 22.7. The maximum atomic E-state index is 13.8. The van der Waals surface area contributed by atoms with Gasteiger partial charge in [0.1, 0.15) is 30.3 Å². The van der Waals surface area contributed by atoms with E-state index in [2.05, 4.69) is 34.3 Å². The van der Waals surface area contributed by atoms with Gasteiger partial charge in [-0.1, -0.05) is 24.3 Å². The molecule has 204 valence electrons. The lowest BCUT2D eigenvalue weighted by molar-refractivity contribution is 0.0996. The van der Waals surface area contributed by atoms with Gasteiger partial charge in [-0.2, -0.15) is 0 Å². The number of para-hydroxylation sites is 1. The third-order valence-electron chi connectivity index (χ3n) is 7.53. The Morgan fingerprint density at radius 1 is 1.07 bits per heavy atom. The second-order valence-electron chi connectivity index (χ2n) is 10.5. The molecular weight excluding hydrogens is 508 g/mol. The van der Waals surface area contributed by atoms with Crippen LogP contribution in [-0.4, -0.2) is 55.9 Å². The third kappa shape index (κ3) is 4.53. The Kier molecular flexibility index (Phi) is 6.41. The van der Waals surface area contributed by atoms with Crippen molar-refractivity contribution in [3.05, 3.63) is 77.7 Å². The highest BCUT2D eigenvalue weighted by Crippen LogP contribution is 2.37. The van der Waals surface area contributed by atoms with Gasteiger partial charge in [0.2, 0.25) is 0 Å². The Morgan fingerprint density at radius 2 is 1.90 bits per heavy atom. The van der Waals surface area contributed by atoms with Gasteiger partial charge >= 0.3 is 6.09 Å². The van der Waals surface area contributed by atoms with Crippen molar-refractivity contribution >= 4 is 23.6 Å². The van der Waals surface area contributed by atoms with Crippen molar-refractivity contribution in [1.82, 2.24) is 30.0 Å². The molecule has 1 fully saturated rings. The molecule has 11 heteroatoms. The Morgan fingerprint density at radius 3 is 2.65 bits per heavy atom. The largest absolute Gasteiger partial charge is 0.443 e. The van der Waals surface area contributed by atoms with E-state index >= 15 is 0 Å². The molecule has 0 spiro atoms. The molecular formula is C29H30N8O3. The van der Waals surface area contributed by atoms with E-state index in [0.29, 0.717) is 34.4 Å². The zero-order valence-corrected chi connectivity index (χ0v) is 22.7. The summed E-state index contributed by atoms with van der Waals surface area (Å²) >= 11 is 0. The van der Waals surface area contributed by atoms with Crippen LogP contribution in [0, 0.1) is 0 Å². The van der Waals surface area contributed by atoms with Crippen molar-refractivity contribution in [2.75, 3.05) is 23.4 Å². The number of carbonyl (C=O) groups is 2. The fourth-order valence-corrected chi connectivity index (χ4v) is 5.42. The first-order valence-corrected chi connectivity index (χ1v) is 13.3. The first-order chi connectivity index (χ1) is 19.4. The summed E-state index contributed by atoms with van der Waals surface area (Å²) in [6.07, 6.45) is 3.16. The summed E-state index contributed by atoms with van der Waals surface area (Å²) in [5.74, 6) is 1.59. The quantitative estimate of drug-likeness (QED) is 0.390. The molecule has 1 saturated heterocycles. The van der Waals surface area contributed by atoms with Gasteiger partial charge < -0.3 is 15.0 Å². The van der Waals surface area contributed by atoms with Gasteiger partial charge in [0.15, 0.2) is 5.82 Å². The number of aromatic nitrogens is 5. The smallest absolute Gasteiger partial charge is 0.407 e. The van der Waals surface area contributed by atoms with Crippen LogP contribution in [0.15, 0.2) is 60.9 Å². The molecule has 5 heterocycles. The summed E-state index contributed by atoms with van der Waals surface area (Å²) in [6.45, 7) is 5.41. The molecule has 11 nitrogen and oxygen atoms in total. The Bertz CT molecular complexity index is 1580. The molecule has 1 aromatic carbocycles. The van der Waals surface area contributed by atoms with Crippen LogP contribution in [0.2, 0.25) is 0 Å². The second-order valence-corrected chi connectivity index (χ2v) is 10.5. The van der Waals surface area contributed by atoms with Crippen molar-refractivity contribution in [2.45, 2.75) is 45.4 Å². The highest BCUT2D eigenvalue weighted by Gasteiger charge is 2.37. The number of anilines is 2. The van der Waals surface area contributed by atoms with Crippen LogP contribution in [0.1, 0.15) is 48.3 Å². The molecule has 1 N–H and O–H groups in total. The van der Waals surface area contributed by atoms with Crippen molar-refractivity contribution < 1.29 is 14.3 Å². The van der Waals surface area contributed by atoms with Crippen molar-refractivity contribution in [3.63, 3.8) is 0 Å². The minimum atomic E-state index is -0.555. The molecule has 0 aliphatic carbocycles. The standard InChI is InChI=1S/C29H30N8O3/c1-29(2)13-8-14-37(29)25-15-20-21(23(33-25)17-40-28(39)30-3)16-35(27(20)38)24-12-7-11-22(32-24)26-34-31-18-36(26)19-9-5-4-6-10-19/h4-7,9-12,15,18H,8,13-14,16-17H2,1-3H3,(H,30,39). The first kappa shape index (κ1) is 25.5. The average Bonchev–Trinajstić information content (AvgIpc) is 3.69. The lowest BCUT2D eigenvalue weighted by Gasteiger charge is -2.33. The molecule has 2 aliphatic rings. The monoisotopic (exact) mass is 538 g/mol. The molecule has 6 rings (SSSR count). The Balaban J connectivity index is 1.36. The summed E-state index contributed by atoms with van der Waals surface area (Å²) in [5.41, 5.74) is 3.24. The second kappa shape index (κ2) is 10.1. The molecule has 40 heavy (non-hydrogen) atoms. The summed E-state index contributed by atoms with van der Waals surface area (Å²) in [4.78, 5) is 39.3. The number of nitrogens with one attached hydrogen (secondary N) is 1. The van der Waals surface area contributed by atoms with E-state index in [-0.39, 0.29) is 24.6 Å². The van der Waals surface area contributed by atoms with E-state index in [1.807, 2.05) is 53.1 Å². The molecule has 0 unspecified atom stereocenters. The van der Waals surface area contributed by atoms with E-state index in [0.717, 1.165) is 30.6 Å². The van der Waals surface area contributed by atoms with Gasteiger partial charge in [-0.25, -0.2) is 14.8 Å². The number of ether oxygens (including phenoxy) is 1. The van der Waals surface area contributed by atoms with Crippen molar-refractivity contribution in [2.24, 2.45) is 0 Å². The number of pyridine rings is 2. The van der Waals surface area contributed by atoms with Crippen LogP contribution < -0.4 is 15.1 Å². The van der Waals surface area contributed by atoms with Crippen LogP contribution in [-0.2, 0) is 17.9 Å². The van der Waals surface area contributed by atoms with E-state index in [9.17, 15) is 9.59 Å². The normalized spacial score (nSPS) is 15.8. The molecule has 2 amide bonds. The lowest BCUT2D eigenvalue weighted by Crippen LogP contribution is -2.39. The van der Waals surface area contributed by atoms with Crippen molar-refractivity contribution in [3.8, 4) is 17.2 Å². The fourth-order valence-electron chi connectivity index (χ4n) is 5.42. The summed E-state index contributed by atoms with van der Waals surface area (Å²) in [6, 6.07) is 17.1. The maximum absolute atomic E-state index is 13.8. The van der Waals surface area contributed by atoms with Crippen LogP contribution in [0.25, 0.3) is 17.2 Å². The number of nitrogens with zero attached hydrogens (tertiary/aromatic N) is 7. The Labute approximate surface area is 231 Å². The van der Waals surface area contributed by atoms with Gasteiger partial charge in [0.25, 0.3) is 5.91 Å². The Hall–Kier alpha value is -4.80. The average molecular weight is 539 g/mol. The molecule has 2 aliphatic heterocycles. The number of hydrogen-bond acceptors (Lipinski definition) is 8. The number of fused-ring (bicyclic) bond motifs is 1. The van der Waals surface area contributed by atoms with E-state index < -0.39 is 6.09 Å². The highest BCUT2D eigenvalue weighted by atomic mass is 16.5. The number of rotatable bonds is 6. The molecule has 4 aromatic rings. The maximum Gasteiger partial charge on any atom is 0.407 e. The number of alkyl carbamates (subject to hydrolysis) is 1. The molecule has 0 saturated carbocycles. The zero-order chi connectivity index (χ0) is 27.9. The number of amides is 2. The van der Waals surface area contributed by atoms with Crippen LogP contribution in [0.5, 0.6) is 0 Å². The van der Waals surface area contributed by atoms with E-state index in [1.54, 1.807) is 17.3 Å². The predicted octanol–water partition coefficient (Wildman–Crippen LogP) is 4.12. The van der Waals surface area contributed by atoms with Crippen LogP contribution >= 0.6 is 0 Å². The fraction of sp³-hybridized carbons (Fsp3) is 0.310. The predicted molar refractivity (Wildman–Crippen MR) is 149 cm³/mol. The minimum absolute atomic E-state index is 0.0428. The summed E-state index contributed by atoms with van der Waals surface area (Å²) in [7, 11) is 1.51. The number of hydrogen-bond donors (Lipinski definition) is 1. The molecule has 0 bridgehead atoms.